The highest BCUT2D eigenvalue weighted by Crippen LogP contribution is 2.32. The number of hydrogen-bond acceptors (Lipinski definition) is 4. The van der Waals surface area contributed by atoms with Gasteiger partial charge in [-0.05, 0) is 54.1 Å². The maximum atomic E-state index is 13.5. The van der Waals surface area contributed by atoms with Crippen LogP contribution in [0.15, 0.2) is 71.6 Å². The first-order chi connectivity index (χ1) is 15.8. The van der Waals surface area contributed by atoms with Crippen LogP contribution in [0.25, 0.3) is 0 Å². The Morgan fingerprint density at radius 1 is 0.970 bits per heavy atom. The lowest BCUT2D eigenvalue weighted by atomic mass is 10.2. The quantitative estimate of drug-likeness (QED) is 0.440. The van der Waals surface area contributed by atoms with Crippen LogP contribution in [0, 0.1) is 0 Å². The molecule has 0 spiro atoms. The topological polar surface area (TPSA) is 66.9 Å². The minimum Gasteiger partial charge on any atom is -0.490 e. The predicted octanol–water partition coefficient (Wildman–Crippen LogP) is 5.26. The Morgan fingerprint density at radius 3 is 2.42 bits per heavy atom. The van der Waals surface area contributed by atoms with Crippen LogP contribution in [0.2, 0.25) is 15.1 Å². The minimum atomic E-state index is -4.03. The molecule has 0 bridgehead atoms. The summed E-state index contributed by atoms with van der Waals surface area (Å²) < 4.78 is 33.7. The van der Waals surface area contributed by atoms with Crippen molar-refractivity contribution in [3.8, 4) is 5.75 Å². The summed E-state index contributed by atoms with van der Waals surface area (Å²) in [7, 11) is -4.03. The fourth-order valence-corrected chi connectivity index (χ4v) is 5.31. The van der Waals surface area contributed by atoms with Gasteiger partial charge in [-0.2, -0.15) is 4.31 Å². The molecule has 0 N–H and O–H groups in total. The molecule has 1 aliphatic rings. The lowest BCUT2D eigenvalue weighted by Gasteiger charge is -2.31. The standard InChI is InChI=1S/C23H19Cl3N2O4S/c24-17-6-8-18(9-7-17)33(30,31)27(14-16-5-10-19(25)20(26)13-16)15-23(29)28-11-12-32-22-4-2-1-3-21(22)28/h1-10,13H,11-12,14-15H2. The first-order valence-corrected chi connectivity index (χ1v) is 12.5. The van der Waals surface area contributed by atoms with Gasteiger partial charge < -0.3 is 9.64 Å². The molecule has 4 rings (SSSR count). The number of anilines is 1. The summed E-state index contributed by atoms with van der Waals surface area (Å²) in [6.07, 6.45) is 0. The molecular formula is C23H19Cl3N2O4S. The first-order valence-electron chi connectivity index (χ1n) is 9.97. The van der Waals surface area contributed by atoms with Gasteiger partial charge >= 0.3 is 0 Å². The Labute approximate surface area is 207 Å². The van der Waals surface area contributed by atoms with E-state index in [9.17, 15) is 13.2 Å². The van der Waals surface area contributed by atoms with E-state index in [0.717, 1.165) is 4.31 Å². The Bertz CT molecular complexity index is 1280. The third-order valence-electron chi connectivity index (χ3n) is 5.14. The van der Waals surface area contributed by atoms with Gasteiger partial charge in [0, 0.05) is 11.6 Å². The Hall–Kier alpha value is -2.29. The summed E-state index contributed by atoms with van der Waals surface area (Å²) in [5.41, 5.74) is 1.20. The van der Waals surface area contributed by atoms with Crippen LogP contribution in [-0.4, -0.2) is 38.3 Å². The van der Waals surface area contributed by atoms with E-state index in [-0.39, 0.29) is 23.9 Å². The zero-order valence-corrected chi connectivity index (χ0v) is 20.3. The summed E-state index contributed by atoms with van der Waals surface area (Å²) in [6.45, 7) is 0.191. The summed E-state index contributed by atoms with van der Waals surface area (Å²) in [4.78, 5) is 14.9. The number of carbonyl (C=O) groups is 1. The summed E-state index contributed by atoms with van der Waals surface area (Å²) in [6, 6.07) is 17.8. The van der Waals surface area contributed by atoms with Gasteiger partial charge in [-0.1, -0.05) is 53.0 Å². The Balaban J connectivity index is 1.67. The molecule has 0 saturated carbocycles. The number of amides is 1. The van der Waals surface area contributed by atoms with Gasteiger partial charge in [0.15, 0.2) is 0 Å². The fraction of sp³-hybridized carbons (Fsp3) is 0.174. The molecule has 0 aromatic heterocycles. The maximum absolute atomic E-state index is 13.5. The SMILES string of the molecule is O=C(CN(Cc1ccc(Cl)c(Cl)c1)S(=O)(=O)c1ccc(Cl)cc1)N1CCOc2ccccc21. The van der Waals surface area contributed by atoms with Crippen molar-refractivity contribution in [1.82, 2.24) is 4.31 Å². The second-order valence-corrected chi connectivity index (χ2v) is 10.5. The molecule has 0 radical (unpaired) electrons. The van der Waals surface area contributed by atoms with Crippen molar-refractivity contribution in [2.45, 2.75) is 11.4 Å². The molecule has 0 saturated heterocycles. The van der Waals surface area contributed by atoms with Gasteiger partial charge in [0.2, 0.25) is 15.9 Å². The Morgan fingerprint density at radius 2 is 1.70 bits per heavy atom. The highest BCUT2D eigenvalue weighted by molar-refractivity contribution is 7.89. The average molecular weight is 526 g/mol. The van der Waals surface area contributed by atoms with Crippen LogP contribution >= 0.6 is 34.8 Å². The molecule has 0 aliphatic carbocycles. The highest BCUT2D eigenvalue weighted by atomic mass is 35.5. The van der Waals surface area contributed by atoms with Crippen molar-refractivity contribution in [2.24, 2.45) is 0 Å². The second kappa shape index (κ2) is 9.91. The zero-order valence-electron chi connectivity index (χ0n) is 17.2. The number of carbonyl (C=O) groups excluding carboxylic acids is 1. The normalized spacial score (nSPS) is 13.5. The molecule has 0 atom stereocenters. The van der Waals surface area contributed by atoms with Crippen molar-refractivity contribution in [3.05, 3.63) is 87.4 Å². The third-order valence-corrected chi connectivity index (χ3v) is 7.93. The molecule has 172 valence electrons. The van der Waals surface area contributed by atoms with Crippen LogP contribution in [-0.2, 0) is 21.4 Å². The van der Waals surface area contributed by atoms with Gasteiger partial charge in [0.05, 0.1) is 33.7 Å². The van der Waals surface area contributed by atoms with E-state index in [0.29, 0.717) is 45.2 Å². The number of halogens is 3. The average Bonchev–Trinajstić information content (AvgIpc) is 2.81. The summed E-state index contributed by atoms with van der Waals surface area (Å²) >= 11 is 18.1. The number of nitrogens with zero attached hydrogens (tertiary/aromatic N) is 2. The molecule has 0 unspecified atom stereocenters. The predicted molar refractivity (Wildman–Crippen MR) is 130 cm³/mol. The van der Waals surface area contributed by atoms with E-state index >= 15 is 0 Å². The van der Waals surface area contributed by atoms with Crippen molar-refractivity contribution in [3.63, 3.8) is 0 Å². The fourth-order valence-electron chi connectivity index (χ4n) is 3.49. The van der Waals surface area contributed by atoms with E-state index in [1.54, 1.807) is 36.4 Å². The first kappa shape index (κ1) is 23.9. The van der Waals surface area contributed by atoms with E-state index in [1.165, 1.54) is 29.2 Å². The maximum Gasteiger partial charge on any atom is 0.243 e. The van der Waals surface area contributed by atoms with E-state index in [4.69, 9.17) is 39.5 Å². The molecule has 33 heavy (non-hydrogen) atoms. The molecule has 1 heterocycles. The molecule has 1 amide bonds. The van der Waals surface area contributed by atoms with Crippen molar-refractivity contribution in [1.29, 1.82) is 0 Å². The van der Waals surface area contributed by atoms with Crippen LogP contribution in [0.5, 0.6) is 5.75 Å². The van der Waals surface area contributed by atoms with Crippen molar-refractivity contribution in [2.75, 3.05) is 24.6 Å². The molecule has 1 aliphatic heterocycles. The van der Waals surface area contributed by atoms with Crippen LogP contribution < -0.4 is 9.64 Å². The highest BCUT2D eigenvalue weighted by Gasteiger charge is 2.31. The number of ether oxygens (including phenoxy) is 1. The number of para-hydroxylation sites is 2. The number of sulfonamides is 1. The lowest BCUT2D eigenvalue weighted by Crippen LogP contribution is -2.45. The number of rotatable bonds is 6. The monoisotopic (exact) mass is 524 g/mol. The smallest absolute Gasteiger partial charge is 0.243 e. The van der Waals surface area contributed by atoms with E-state index in [1.807, 2.05) is 6.07 Å². The van der Waals surface area contributed by atoms with Gasteiger partial charge in [-0.15, -0.1) is 0 Å². The van der Waals surface area contributed by atoms with Gasteiger partial charge in [0.25, 0.3) is 0 Å². The zero-order chi connectivity index (χ0) is 23.6. The van der Waals surface area contributed by atoms with E-state index < -0.39 is 10.0 Å². The van der Waals surface area contributed by atoms with Gasteiger partial charge in [-0.3, -0.25) is 4.79 Å². The molecule has 10 heteroatoms. The van der Waals surface area contributed by atoms with Crippen LogP contribution in [0.4, 0.5) is 5.69 Å². The number of fused-ring (bicyclic) bond motifs is 1. The molecule has 3 aromatic carbocycles. The largest absolute Gasteiger partial charge is 0.490 e. The van der Waals surface area contributed by atoms with Crippen molar-refractivity contribution >= 4 is 56.4 Å². The van der Waals surface area contributed by atoms with Crippen LogP contribution in [0.3, 0.4) is 0 Å². The molecule has 0 fully saturated rings. The lowest BCUT2D eigenvalue weighted by molar-refractivity contribution is -0.119. The van der Waals surface area contributed by atoms with Crippen molar-refractivity contribution < 1.29 is 17.9 Å². The third kappa shape index (κ3) is 5.28. The molecule has 3 aromatic rings. The van der Waals surface area contributed by atoms with Gasteiger partial charge in [-0.25, -0.2) is 8.42 Å². The summed E-state index contributed by atoms with van der Waals surface area (Å²) in [5, 5.41) is 1.06. The minimum absolute atomic E-state index is 0.0298. The summed E-state index contributed by atoms with van der Waals surface area (Å²) in [5.74, 6) is 0.206. The molecule has 6 nitrogen and oxygen atoms in total. The molecular weight excluding hydrogens is 507 g/mol. The second-order valence-electron chi connectivity index (χ2n) is 7.34. The number of hydrogen-bond donors (Lipinski definition) is 0. The number of benzene rings is 3. The van der Waals surface area contributed by atoms with Gasteiger partial charge in [0.1, 0.15) is 12.4 Å². The Kier molecular flexibility index (Phi) is 7.16. The van der Waals surface area contributed by atoms with E-state index in [2.05, 4.69) is 0 Å². The van der Waals surface area contributed by atoms with Crippen LogP contribution in [0.1, 0.15) is 5.56 Å².